The van der Waals surface area contributed by atoms with Crippen molar-refractivity contribution in [2.75, 3.05) is 13.1 Å². The summed E-state index contributed by atoms with van der Waals surface area (Å²) in [6.45, 7) is 3.72. The molecular weight excluding hydrogens is 102 g/mol. The number of hydrogen-bond donors (Lipinski definition) is 1. The second-order valence-electron chi connectivity index (χ2n) is 2.51. The molecule has 1 aliphatic rings. The van der Waals surface area contributed by atoms with E-state index in [4.69, 9.17) is 0 Å². The lowest BCUT2D eigenvalue weighted by molar-refractivity contribution is 0.0261. The summed E-state index contributed by atoms with van der Waals surface area (Å²) < 4.78 is 0. The Morgan fingerprint density at radius 1 is 1.62 bits per heavy atom. The van der Waals surface area contributed by atoms with Crippen LogP contribution in [0.5, 0.6) is 0 Å². The van der Waals surface area contributed by atoms with Gasteiger partial charge in [-0.2, -0.15) is 0 Å². The standard InChI is InChI=1S/C6H12NO/c1-5-2-3-7-4-6(5)8/h5-7H,2-4H2,1H3. The molecule has 2 atom stereocenters. The lowest BCUT2D eigenvalue weighted by Crippen LogP contribution is -2.38. The molecule has 47 valence electrons. The van der Waals surface area contributed by atoms with E-state index >= 15 is 0 Å². The molecule has 0 spiro atoms. The first-order valence-corrected chi connectivity index (χ1v) is 3.17. The van der Waals surface area contributed by atoms with Crippen LogP contribution in [-0.4, -0.2) is 19.2 Å². The van der Waals surface area contributed by atoms with Crippen molar-refractivity contribution in [2.24, 2.45) is 5.92 Å². The molecule has 0 aromatic rings. The van der Waals surface area contributed by atoms with E-state index in [1.165, 1.54) is 0 Å². The van der Waals surface area contributed by atoms with Crippen LogP contribution in [0.25, 0.3) is 0 Å². The second-order valence-corrected chi connectivity index (χ2v) is 2.51. The number of rotatable bonds is 0. The molecule has 2 nitrogen and oxygen atoms in total. The van der Waals surface area contributed by atoms with Crippen molar-refractivity contribution in [3.63, 3.8) is 0 Å². The quantitative estimate of drug-likeness (QED) is 0.486. The van der Waals surface area contributed by atoms with Gasteiger partial charge in [-0.05, 0) is 18.9 Å². The van der Waals surface area contributed by atoms with Gasteiger partial charge in [-0.1, -0.05) is 6.92 Å². The zero-order valence-corrected chi connectivity index (χ0v) is 5.18. The highest BCUT2D eigenvalue weighted by atomic mass is 16.3. The molecule has 0 aliphatic carbocycles. The van der Waals surface area contributed by atoms with E-state index in [0.29, 0.717) is 12.5 Å². The van der Waals surface area contributed by atoms with Crippen LogP contribution < -0.4 is 5.32 Å². The molecule has 1 radical (unpaired) electrons. The molecule has 2 unspecified atom stereocenters. The van der Waals surface area contributed by atoms with Gasteiger partial charge in [0, 0.05) is 6.54 Å². The molecule has 1 saturated heterocycles. The SMILES string of the molecule is CC1CCNCC1[O]. The average molecular weight is 114 g/mol. The maximum absolute atomic E-state index is 10.8. The van der Waals surface area contributed by atoms with Gasteiger partial charge < -0.3 is 5.32 Å². The molecule has 0 bridgehead atoms. The fraction of sp³-hybridized carbons (Fsp3) is 1.00. The molecule has 0 saturated carbocycles. The highest BCUT2D eigenvalue weighted by Gasteiger charge is 2.18. The first-order chi connectivity index (χ1) is 3.80. The Bertz CT molecular complexity index is 64.9. The van der Waals surface area contributed by atoms with Gasteiger partial charge in [0.2, 0.25) is 0 Å². The van der Waals surface area contributed by atoms with Gasteiger partial charge in [0.25, 0.3) is 0 Å². The predicted molar refractivity (Wildman–Crippen MR) is 31.1 cm³/mol. The number of piperidine rings is 1. The van der Waals surface area contributed by atoms with E-state index in [9.17, 15) is 5.11 Å². The zero-order chi connectivity index (χ0) is 5.98. The molecule has 1 aliphatic heterocycles. The van der Waals surface area contributed by atoms with Gasteiger partial charge in [0.1, 0.15) is 6.10 Å². The van der Waals surface area contributed by atoms with E-state index < -0.39 is 0 Å². The van der Waals surface area contributed by atoms with Crippen molar-refractivity contribution < 1.29 is 5.11 Å². The lowest BCUT2D eigenvalue weighted by Gasteiger charge is -2.22. The Balaban J connectivity index is 2.28. The topological polar surface area (TPSA) is 31.9 Å². The van der Waals surface area contributed by atoms with Gasteiger partial charge in [-0.15, -0.1) is 0 Å². The predicted octanol–water partition coefficient (Wildman–Crippen LogP) is 0.415. The Hall–Kier alpha value is -0.0800. The van der Waals surface area contributed by atoms with Crippen molar-refractivity contribution in [3.05, 3.63) is 0 Å². The van der Waals surface area contributed by atoms with Crippen LogP contribution >= 0.6 is 0 Å². The third-order valence-corrected chi connectivity index (χ3v) is 1.76. The molecule has 8 heavy (non-hydrogen) atoms. The van der Waals surface area contributed by atoms with E-state index in [2.05, 4.69) is 5.32 Å². The number of nitrogens with one attached hydrogen (secondary N) is 1. The van der Waals surface area contributed by atoms with Crippen LogP contribution in [0.3, 0.4) is 0 Å². The van der Waals surface area contributed by atoms with E-state index in [-0.39, 0.29) is 6.10 Å². The van der Waals surface area contributed by atoms with Gasteiger partial charge >= 0.3 is 0 Å². The largest absolute Gasteiger partial charge is 0.314 e. The van der Waals surface area contributed by atoms with Crippen LogP contribution in [0.15, 0.2) is 0 Å². The fourth-order valence-electron chi connectivity index (χ4n) is 0.961. The smallest absolute Gasteiger partial charge is 0.108 e. The Morgan fingerprint density at radius 3 is 2.75 bits per heavy atom. The Labute approximate surface area is 49.9 Å². The minimum absolute atomic E-state index is 0.358. The molecule has 1 heterocycles. The van der Waals surface area contributed by atoms with Crippen molar-refractivity contribution in [3.8, 4) is 0 Å². The third-order valence-electron chi connectivity index (χ3n) is 1.76. The van der Waals surface area contributed by atoms with Gasteiger partial charge in [0.15, 0.2) is 0 Å². The minimum Gasteiger partial charge on any atom is -0.314 e. The van der Waals surface area contributed by atoms with Gasteiger partial charge in [-0.3, -0.25) is 0 Å². The van der Waals surface area contributed by atoms with Crippen molar-refractivity contribution in [2.45, 2.75) is 19.4 Å². The van der Waals surface area contributed by atoms with Gasteiger partial charge in [-0.25, -0.2) is 5.11 Å². The van der Waals surface area contributed by atoms with E-state index in [1.54, 1.807) is 0 Å². The van der Waals surface area contributed by atoms with E-state index in [0.717, 1.165) is 13.0 Å². The lowest BCUT2D eigenvalue weighted by atomic mass is 9.98. The summed E-state index contributed by atoms with van der Waals surface area (Å²) >= 11 is 0. The highest BCUT2D eigenvalue weighted by Crippen LogP contribution is 2.10. The van der Waals surface area contributed by atoms with E-state index in [1.807, 2.05) is 6.92 Å². The van der Waals surface area contributed by atoms with Crippen molar-refractivity contribution in [1.82, 2.24) is 5.32 Å². The van der Waals surface area contributed by atoms with Crippen LogP contribution in [0.2, 0.25) is 0 Å². The molecule has 0 aromatic carbocycles. The van der Waals surface area contributed by atoms with Gasteiger partial charge in [0.05, 0.1) is 0 Å². The first kappa shape index (κ1) is 6.05. The average Bonchev–Trinajstić information content (AvgIpc) is 1.77. The minimum atomic E-state index is -0.358. The maximum Gasteiger partial charge on any atom is 0.108 e. The summed E-state index contributed by atoms with van der Waals surface area (Å²) in [7, 11) is 0. The summed E-state index contributed by atoms with van der Waals surface area (Å²) in [5, 5.41) is 13.9. The third kappa shape index (κ3) is 1.20. The summed E-state index contributed by atoms with van der Waals surface area (Å²) in [4.78, 5) is 0. The molecule has 2 heteroatoms. The van der Waals surface area contributed by atoms with Crippen molar-refractivity contribution in [1.29, 1.82) is 0 Å². The highest BCUT2D eigenvalue weighted by molar-refractivity contribution is 4.72. The summed E-state index contributed by atoms with van der Waals surface area (Å²) in [5.41, 5.74) is 0. The summed E-state index contributed by atoms with van der Waals surface area (Å²) in [6, 6.07) is 0. The first-order valence-electron chi connectivity index (χ1n) is 3.17. The molecule has 1 rings (SSSR count). The monoisotopic (exact) mass is 114 g/mol. The van der Waals surface area contributed by atoms with Crippen LogP contribution in [0.1, 0.15) is 13.3 Å². The van der Waals surface area contributed by atoms with Crippen LogP contribution in [-0.2, 0) is 5.11 Å². The zero-order valence-electron chi connectivity index (χ0n) is 5.18. The molecule has 0 aromatic heterocycles. The number of hydrogen-bond acceptors (Lipinski definition) is 1. The molecule has 1 fully saturated rings. The normalized spacial score (nSPS) is 39.8. The second kappa shape index (κ2) is 2.46. The summed E-state index contributed by atoms with van der Waals surface area (Å²) in [5.74, 6) is 0.385. The Kier molecular flexibility index (Phi) is 1.86. The van der Waals surface area contributed by atoms with Crippen molar-refractivity contribution >= 4 is 0 Å². The van der Waals surface area contributed by atoms with Crippen LogP contribution in [0, 0.1) is 5.92 Å². The molecule has 0 amide bonds. The molecular formula is C6H12NO. The molecule has 1 N–H and O–H groups in total. The fourth-order valence-corrected chi connectivity index (χ4v) is 0.961. The Morgan fingerprint density at radius 2 is 2.38 bits per heavy atom. The summed E-state index contributed by atoms with van der Waals surface area (Å²) in [6.07, 6.45) is 0.692. The maximum atomic E-state index is 10.8. The van der Waals surface area contributed by atoms with Crippen LogP contribution in [0.4, 0.5) is 0 Å².